The summed E-state index contributed by atoms with van der Waals surface area (Å²) in [6.45, 7) is 5.59. The highest BCUT2D eigenvalue weighted by Gasteiger charge is 2.20. The Morgan fingerprint density at radius 2 is 2.04 bits per heavy atom. The number of carbonyl (C=O) groups excluding carboxylic acids is 2. The van der Waals surface area contributed by atoms with Crippen molar-refractivity contribution in [1.29, 1.82) is 0 Å². The molecular weight excluding hydrogens is 334 g/mol. The van der Waals surface area contributed by atoms with Crippen LogP contribution in [0.1, 0.15) is 36.8 Å². The second-order valence-corrected chi connectivity index (χ2v) is 6.60. The maximum atomic E-state index is 11.9. The summed E-state index contributed by atoms with van der Waals surface area (Å²) in [5.74, 6) is -0.790. The third-order valence-electron chi connectivity index (χ3n) is 3.11. The fourth-order valence-electron chi connectivity index (χ4n) is 1.82. The van der Waals surface area contributed by atoms with Gasteiger partial charge in [-0.3, -0.25) is 14.9 Å². The molecule has 7 nitrogen and oxygen atoms in total. The van der Waals surface area contributed by atoms with Crippen LogP contribution in [-0.2, 0) is 10.2 Å². The average molecular weight is 352 g/mol. The number of ether oxygens (including phenoxy) is 1. The molecule has 0 unspecified atom stereocenters. The van der Waals surface area contributed by atoms with Crippen molar-refractivity contribution in [3.63, 3.8) is 0 Å². The van der Waals surface area contributed by atoms with E-state index >= 15 is 0 Å². The lowest BCUT2D eigenvalue weighted by atomic mass is 9.92. The fraction of sp³-hybridized carbons (Fsp3) is 0.312. The molecule has 0 aliphatic heterocycles. The summed E-state index contributed by atoms with van der Waals surface area (Å²) in [6, 6.07) is 6.01. The highest BCUT2D eigenvalue weighted by Crippen LogP contribution is 2.24. The molecule has 0 spiro atoms. The second-order valence-electron chi connectivity index (χ2n) is 6.17. The van der Waals surface area contributed by atoms with Crippen molar-refractivity contribution in [2.45, 2.75) is 26.2 Å². The van der Waals surface area contributed by atoms with E-state index < -0.39 is 11.8 Å². The first-order valence-corrected chi connectivity index (χ1v) is 7.54. The zero-order valence-corrected chi connectivity index (χ0v) is 14.3. The molecular formula is C16H18ClN3O4. The molecule has 0 fully saturated rings. The zero-order chi connectivity index (χ0) is 17.9. The highest BCUT2D eigenvalue weighted by atomic mass is 35.5. The molecule has 0 saturated heterocycles. The van der Waals surface area contributed by atoms with Gasteiger partial charge in [0, 0.05) is 16.5 Å². The van der Waals surface area contributed by atoms with E-state index in [1.54, 1.807) is 6.07 Å². The number of hydrogen-bond donors (Lipinski definition) is 2. The maximum absolute atomic E-state index is 11.9. The molecule has 128 valence electrons. The van der Waals surface area contributed by atoms with Crippen molar-refractivity contribution in [1.82, 2.24) is 5.16 Å². The minimum Gasteiger partial charge on any atom is -0.483 e. The van der Waals surface area contributed by atoms with Crippen LogP contribution >= 0.6 is 11.6 Å². The Bertz CT molecular complexity index is 765. The molecule has 2 rings (SSSR count). The number of amides is 2. The molecule has 0 saturated carbocycles. The van der Waals surface area contributed by atoms with Crippen LogP contribution in [0, 0.1) is 0 Å². The number of nitrogens with one attached hydrogen (secondary N) is 1. The Labute approximate surface area is 144 Å². The molecule has 2 aromatic rings. The van der Waals surface area contributed by atoms with Crippen LogP contribution in [-0.4, -0.2) is 23.6 Å². The van der Waals surface area contributed by atoms with Gasteiger partial charge < -0.3 is 15.0 Å². The molecule has 0 aliphatic rings. The summed E-state index contributed by atoms with van der Waals surface area (Å²) in [7, 11) is 0. The largest absolute Gasteiger partial charge is 0.483 e. The number of primary amides is 1. The monoisotopic (exact) mass is 351 g/mol. The molecule has 1 aromatic carbocycles. The molecule has 0 atom stereocenters. The summed E-state index contributed by atoms with van der Waals surface area (Å²) in [6.07, 6.45) is 0. The fourth-order valence-corrected chi connectivity index (χ4v) is 1.99. The van der Waals surface area contributed by atoms with Crippen molar-refractivity contribution in [2.24, 2.45) is 5.73 Å². The first kappa shape index (κ1) is 17.8. The van der Waals surface area contributed by atoms with E-state index in [1.165, 1.54) is 18.2 Å². The molecule has 0 bridgehead atoms. The van der Waals surface area contributed by atoms with Gasteiger partial charge in [-0.1, -0.05) is 37.5 Å². The van der Waals surface area contributed by atoms with E-state index in [-0.39, 0.29) is 29.2 Å². The number of nitrogens with two attached hydrogens (primary N) is 1. The standard InChI is InChI=1S/C16H18ClN3O4/c1-16(2,3)12-7-14(24-20-12)19-13(21)8-23-11-6-9(17)4-5-10(11)15(18)22/h4-7H,8H2,1-3H3,(H2,18,22)(H,19,21). The topological polar surface area (TPSA) is 107 Å². The summed E-state index contributed by atoms with van der Waals surface area (Å²) < 4.78 is 10.4. The summed E-state index contributed by atoms with van der Waals surface area (Å²) in [4.78, 5) is 23.3. The quantitative estimate of drug-likeness (QED) is 0.861. The van der Waals surface area contributed by atoms with Crippen molar-refractivity contribution in [3.05, 3.63) is 40.5 Å². The van der Waals surface area contributed by atoms with Crippen LogP contribution in [0.2, 0.25) is 5.02 Å². The van der Waals surface area contributed by atoms with E-state index in [1.807, 2.05) is 20.8 Å². The minimum absolute atomic E-state index is 0.137. The van der Waals surface area contributed by atoms with Gasteiger partial charge in [0.05, 0.1) is 11.3 Å². The molecule has 24 heavy (non-hydrogen) atoms. The first-order chi connectivity index (χ1) is 11.2. The Balaban J connectivity index is 2.00. The van der Waals surface area contributed by atoms with Gasteiger partial charge in [0.15, 0.2) is 6.61 Å². The molecule has 3 N–H and O–H groups in total. The normalized spacial score (nSPS) is 11.2. The van der Waals surface area contributed by atoms with E-state index in [4.69, 9.17) is 26.6 Å². The third kappa shape index (κ3) is 4.48. The van der Waals surface area contributed by atoms with Gasteiger partial charge >= 0.3 is 0 Å². The number of nitrogens with zero attached hydrogens (tertiary/aromatic N) is 1. The maximum Gasteiger partial charge on any atom is 0.264 e. The number of anilines is 1. The first-order valence-electron chi connectivity index (χ1n) is 7.16. The minimum atomic E-state index is -0.674. The number of halogens is 1. The predicted octanol–water partition coefficient (Wildman–Crippen LogP) is 2.74. The molecule has 0 radical (unpaired) electrons. The van der Waals surface area contributed by atoms with Gasteiger partial charge in [0.25, 0.3) is 11.8 Å². The van der Waals surface area contributed by atoms with Crippen LogP contribution in [0.5, 0.6) is 5.75 Å². The van der Waals surface area contributed by atoms with Crippen molar-refractivity contribution in [3.8, 4) is 5.75 Å². The lowest BCUT2D eigenvalue weighted by Gasteiger charge is -2.12. The Hall–Kier alpha value is -2.54. The van der Waals surface area contributed by atoms with Gasteiger partial charge in [-0.25, -0.2) is 0 Å². The number of hydrogen-bond acceptors (Lipinski definition) is 5. The highest BCUT2D eigenvalue weighted by molar-refractivity contribution is 6.30. The average Bonchev–Trinajstić information content (AvgIpc) is 2.93. The lowest BCUT2D eigenvalue weighted by Crippen LogP contribution is -2.21. The van der Waals surface area contributed by atoms with Crippen LogP contribution in [0.4, 0.5) is 5.88 Å². The van der Waals surface area contributed by atoms with Crippen LogP contribution in [0.3, 0.4) is 0 Å². The van der Waals surface area contributed by atoms with E-state index in [2.05, 4.69) is 10.5 Å². The molecule has 8 heteroatoms. The molecule has 0 aliphatic carbocycles. The zero-order valence-electron chi connectivity index (χ0n) is 13.6. The Morgan fingerprint density at radius 1 is 1.33 bits per heavy atom. The SMILES string of the molecule is CC(C)(C)c1cc(NC(=O)COc2cc(Cl)ccc2C(N)=O)on1. The number of rotatable bonds is 5. The molecule has 2 amide bonds. The summed E-state index contributed by atoms with van der Waals surface area (Å²) in [5, 5.41) is 6.79. The van der Waals surface area contributed by atoms with Gasteiger partial charge in [-0.15, -0.1) is 0 Å². The smallest absolute Gasteiger partial charge is 0.264 e. The summed E-state index contributed by atoms with van der Waals surface area (Å²) in [5.41, 5.74) is 5.91. The van der Waals surface area contributed by atoms with Gasteiger partial charge in [0.1, 0.15) is 5.75 Å². The predicted molar refractivity (Wildman–Crippen MR) is 89.3 cm³/mol. The Kier molecular flexibility index (Phi) is 5.14. The van der Waals surface area contributed by atoms with Crippen LogP contribution in [0.25, 0.3) is 0 Å². The van der Waals surface area contributed by atoms with Crippen LogP contribution in [0.15, 0.2) is 28.8 Å². The van der Waals surface area contributed by atoms with Gasteiger partial charge in [-0.2, -0.15) is 0 Å². The van der Waals surface area contributed by atoms with Crippen molar-refractivity contribution >= 4 is 29.3 Å². The molecule has 1 heterocycles. The van der Waals surface area contributed by atoms with Gasteiger partial charge in [0.2, 0.25) is 5.88 Å². The van der Waals surface area contributed by atoms with E-state index in [9.17, 15) is 9.59 Å². The third-order valence-corrected chi connectivity index (χ3v) is 3.34. The number of benzene rings is 1. The molecule has 1 aromatic heterocycles. The number of carbonyl (C=O) groups is 2. The Morgan fingerprint density at radius 3 is 2.62 bits per heavy atom. The summed E-state index contributed by atoms with van der Waals surface area (Å²) >= 11 is 5.86. The number of aromatic nitrogens is 1. The van der Waals surface area contributed by atoms with E-state index in [0.717, 1.165) is 0 Å². The van der Waals surface area contributed by atoms with Crippen molar-refractivity contribution < 1.29 is 18.8 Å². The van der Waals surface area contributed by atoms with Crippen molar-refractivity contribution in [2.75, 3.05) is 11.9 Å². The lowest BCUT2D eigenvalue weighted by molar-refractivity contribution is -0.118. The second kappa shape index (κ2) is 6.92. The van der Waals surface area contributed by atoms with E-state index in [0.29, 0.717) is 10.7 Å². The van der Waals surface area contributed by atoms with Gasteiger partial charge in [-0.05, 0) is 18.2 Å². The van der Waals surface area contributed by atoms with Crippen LogP contribution < -0.4 is 15.8 Å².